The summed E-state index contributed by atoms with van der Waals surface area (Å²) < 4.78 is 17.2. The number of aromatic carboxylic acids is 1. The molecule has 1 aromatic carbocycles. The largest absolute Gasteiger partial charge is 0.478 e. The third kappa shape index (κ3) is 2.95. The van der Waals surface area contributed by atoms with Crippen molar-refractivity contribution in [2.75, 3.05) is 0 Å². The van der Waals surface area contributed by atoms with E-state index in [1.165, 1.54) is 29.3 Å². The van der Waals surface area contributed by atoms with Crippen LogP contribution in [-0.2, 0) is 0 Å². The van der Waals surface area contributed by atoms with Crippen molar-refractivity contribution in [1.29, 1.82) is 0 Å². The molecule has 0 atom stereocenters. The molecule has 3 aromatic heterocycles. The number of imidazole rings is 1. The number of hydrogen-bond donors (Lipinski definition) is 1. The lowest BCUT2D eigenvalue weighted by atomic mass is 10.2. The Labute approximate surface area is 152 Å². The quantitative estimate of drug-likeness (QED) is 0.598. The maximum atomic E-state index is 14.2. The van der Waals surface area contributed by atoms with Crippen LogP contribution in [0.25, 0.3) is 22.9 Å². The molecule has 134 valence electrons. The van der Waals surface area contributed by atoms with Crippen molar-refractivity contribution in [3.63, 3.8) is 0 Å². The van der Waals surface area contributed by atoms with Gasteiger partial charge in [-0.25, -0.2) is 23.8 Å². The van der Waals surface area contributed by atoms with Crippen LogP contribution in [0.15, 0.2) is 55.1 Å². The molecule has 0 aliphatic heterocycles. The molecule has 9 heteroatoms. The van der Waals surface area contributed by atoms with Gasteiger partial charge in [0.25, 0.3) is 0 Å². The monoisotopic (exact) mass is 364 g/mol. The Morgan fingerprint density at radius 1 is 1.15 bits per heavy atom. The smallest absolute Gasteiger partial charge is 0.337 e. The predicted molar refractivity (Wildman–Crippen MR) is 93.4 cm³/mol. The molecule has 0 amide bonds. The molecule has 0 fully saturated rings. The van der Waals surface area contributed by atoms with Crippen LogP contribution in [0.4, 0.5) is 4.39 Å². The normalized spacial score (nSPS) is 10.9. The number of hydrogen-bond acceptors (Lipinski definition) is 5. The lowest BCUT2D eigenvalue weighted by Crippen LogP contribution is -2.02. The van der Waals surface area contributed by atoms with E-state index in [0.717, 1.165) is 0 Å². The van der Waals surface area contributed by atoms with Crippen LogP contribution in [0.2, 0.25) is 0 Å². The summed E-state index contributed by atoms with van der Waals surface area (Å²) in [6, 6.07) is 9.31. The number of carbonyl (C=O) groups is 1. The minimum atomic E-state index is -1.05. The maximum absolute atomic E-state index is 14.2. The van der Waals surface area contributed by atoms with E-state index in [0.29, 0.717) is 22.9 Å². The van der Waals surface area contributed by atoms with Crippen LogP contribution >= 0.6 is 0 Å². The average Bonchev–Trinajstić information content (AvgIpc) is 3.29. The first kappa shape index (κ1) is 16.6. The van der Waals surface area contributed by atoms with Gasteiger partial charge in [-0.1, -0.05) is 17.3 Å². The number of pyridine rings is 1. The Kier molecular flexibility index (Phi) is 3.96. The van der Waals surface area contributed by atoms with Crippen LogP contribution in [0.1, 0.15) is 16.1 Å². The van der Waals surface area contributed by atoms with E-state index in [4.69, 9.17) is 5.11 Å². The second kappa shape index (κ2) is 6.45. The topological polar surface area (TPSA) is 98.7 Å². The number of aromatic nitrogens is 6. The van der Waals surface area contributed by atoms with E-state index in [1.807, 2.05) is 0 Å². The van der Waals surface area contributed by atoms with Crippen molar-refractivity contribution in [3.05, 3.63) is 72.2 Å². The molecular formula is C18H13FN6O2. The standard InChI is InChI=1S/C18H13FN6O2/c1-11-17(25(23-22-11)15-5-3-2-4-13(15)19)14-9-24(10-21-14)16-7-6-12(8-20-16)18(26)27/h2-10H,1H3,(H,26,27). The fourth-order valence-corrected chi connectivity index (χ4v) is 2.68. The molecule has 4 rings (SSSR count). The highest BCUT2D eigenvalue weighted by Crippen LogP contribution is 2.25. The van der Waals surface area contributed by atoms with Gasteiger partial charge in [-0.3, -0.25) is 4.57 Å². The van der Waals surface area contributed by atoms with Crippen LogP contribution in [0.5, 0.6) is 0 Å². The Morgan fingerprint density at radius 3 is 2.67 bits per heavy atom. The molecular weight excluding hydrogens is 351 g/mol. The zero-order valence-electron chi connectivity index (χ0n) is 14.1. The number of aryl methyl sites for hydroxylation is 1. The summed E-state index contributed by atoms with van der Waals surface area (Å²) in [5.74, 6) is -0.966. The van der Waals surface area contributed by atoms with Crippen molar-refractivity contribution in [2.45, 2.75) is 6.92 Å². The Balaban J connectivity index is 1.75. The lowest BCUT2D eigenvalue weighted by Gasteiger charge is -2.06. The van der Waals surface area contributed by atoms with Gasteiger partial charge in [0.15, 0.2) is 0 Å². The number of carboxylic acid groups (broad SMARTS) is 1. The van der Waals surface area contributed by atoms with E-state index in [1.54, 1.807) is 42.0 Å². The Hall–Kier alpha value is -3.88. The highest BCUT2D eigenvalue weighted by molar-refractivity contribution is 5.87. The van der Waals surface area contributed by atoms with Crippen molar-refractivity contribution in [1.82, 2.24) is 29.5 Å². The van der Waals surface area contributed by atoms with E-state index in [-0.39, 0.29) is 11.3 Å². The molecule has 3 heterocycles. The van der Waals surface area contributed by atoms with Crippen LogP contribution in [0.3, 0.4) is 0 Å². The average molecular weight is 364 g/mol. The fourth-order valence-electron chi connectivity index (χ4n) is 2.68. The first-order valence-electron chi connectivity index (χ1n) is 7.96. The van der Waals surface area contributed by atoms with Crippen LogP contribution in [0, 0.1) is 12.7 Å². The Morgan fingerprint density at radius 2 is 1.96 bits per heavy atom. The van der Waals surface area contributed by atoms with Gasteiger partial charge >= 0.3 is 5.97 Å². The third-order valence-corrected chi connectivity index (χ3v) is 4.00. The zero-order chi connectivity index (χ0) is 19.0. The minimum Gasteiger partial charge on any atom is -0.478 e. The Bertz CT molecular complexity index is 1130. The van der Waals surface area contributed by atoms with E-state index in [9.17, 15) is 9.18 Å². The number of nitrogens with zero attached hydrogens (tertiary/aromatic N) is 6. The lowest BCUT2D eigenvalue weighted by molar-refractivity contribution is 0.0696. The first-order valence-corrected chi connectivity index (χ1v) is 7.96. The van der Waals surface area contributed by atoms with Crippen molar-refractivity contribution in [3.8, 4) is 22.9 Å². The first-order chi connectivity index (χ1) is 13.0. The minimum absolute atomic E-state index is 0.0942. The molecule has 0 saturated carbocycles. The molecule has 0 aliphatic carbocycles. The zero-order valence-corrected chi connectivity index (χ0v) is 14.1. The SMILES string of the molecule is Cc1nnn(-c2ccccc2F)c1-c1cn(-c2ccc(C(=O)O)cn2)cn1. The summed E-state index contributed by atoms with van der Waals surface area (Å²) in [4.78, 5) is 19.4. The predicted octanol–water partition coefficient (Wildman–Crippen LogP) is 2.66. The summed E-state index contributed by atoms with van der Waals surface area (Å²) in [7, 11) is 0. The second-order valence-corrected chi connectivity index (χ2v) is 5.76. The van der Waals surface area contributed by atoms with Gasteiger partial charge in [0.2, 0.25) is 0 Å². The van der Waals surface area contributed by atoms with E-state index in [2.05, 4.69) is 20.3 Å². The van der Waals surface area contributed by atoms with Gasteiger partial charge < -0.3 is 5.11 Å². The van der Waals surface area contributed by atoms with Gasteiger partial charge in [-0.2, -0.15) is 0 Å². The van der Waals surface area contributed by atoms with Crippen LogP contribution in [-0.4, -0.2) is 40.6 Å². The van der Waals surface area contributed by atoms with Gasteiger partial charge in [0.05, 0.1) is 11.3 Å². The molecule has 0 spiro atoms. The molecule has 0 radical (unpaired) electrons. The van der Waals surface area contributed by atoms with Gasteiger partial charge in [-0.15, -0.1) is 5.10 Å². The summed E-state index contributed by atoms with van der Waals surface area (Å²) in [5, 5.41) is 17.0. The van der Waals surface area contributed by atoms with E-state index >= 15 is 0 Å². The summed E-state index contributed by atoms with van der Waals surface area (Å²) in [6.07, 6.45) is 4.51. The summed E-state index contributed by atoms with van der Waals surface area (Å²) in [6.45, 7) is 1.76. The molecule has 27 heavy (non-hydrogen) atoms. The second-order valence-electron chi connectivity index (χ2n) is 5.76. The van der Waals surface area contributed by atoms with Crippen LogP contribution < -0.4 is 0 Å². The fraction of sp³-hybridized carbons (Fsp3) is 0.0556. The van der Waals surface area contributed by atoms with Gasteiger partial charge in [0.1, 0.15) is 35.0 Å². The maximum Gasteiger partial charge on any atom is 0.337 e. The molecule has 0 saturated heterocycles. The van der Waals surface area contributed by atoms with Crippen molar-refractivity contribution < 1.29 is 14.3 Å². The van der Waals surface area contributed by atoms with E-state index < -0.39 is 11.8 Å². The number of halogens is 1. The highest BCUT2D eigenvalue weighted by atomic mass is 19.1. The molecule has 0 unspecified atom stereocenters. The third-order valence-electron chi connectivity index (χ3n) is 4.00. The molecule has 0 bridgehead atoms. The number of para-hydroxylation sites is 1. The molecule has 8 nitrogen and oxygen atoms in total. The summed E-state index contributed by atoms with van der Waals surface area (Å²) >= 11 is 0. The number of carboxylic acids is 1. The molecule has 1 N–H and O–H groups in total. The molecule has 4 aromatic rings. The highest BCUT2D eigenvalue weighted by Gasteiger charge is 2.18. The summed E-state index contributed by atoms with van der Waals surface area (Å²) in [5.41, 5.74) is 2.05. The molecule has 0 aliphatic rings. The number of benzene rings is 1. The van der Waals surface area contributed by atoms with Crippen molar-refractivity contribution >= 4 is 5.97 Å². The van der Waals surface area contributed by atoms with Gasteiger partial charge in [-0.05, 0) is 31.2 Å². The van der Waals surface area contributed by atoms with Gasteiger partial charge in [0, 0.05) is 12.4 Å². The number of rotatable bonds is 4. The van der Waals surface area contributed by atoms with Crippen molar-refractivity contribution in [2.24, 2.45) is 0 Å².